The lowest BCUT2D eigenvalue weighted by Crippen LogP contribution is -2.08. The molecule has 4 heteroatoms. The van der Waals surface area contributed by atoms with Gasteiger partial charge in [-0.3, -0.25) is 4.79 Å². The summed E-state index contributed by atoms with van der Waals surface area (Å²) in [5, 5.41) is 0. The Morgan fingerprint density at radius 3 is 2.93 bits per heavy atom. The first kappa shape index (κ1) is 10.1. The van der Waals surface area contributed by atoms with Gasteiger partial charge in [-0.1, -0.05) is 11.8 Å². The van der Waals surface area contributed by atoms with Crippen molar-refractivity contribution in [3.63, 3.8) is 0 Å². The zero-order chi connectivity index (χ0) is 10.4. The largest absolute Gasteiger partial charge is 0.481 e. The zero-order valence-electron chi connectivity index (χ0n) is 7.78. The van der Waals surface area contributed by atoms with Crippen LogP contribution in [-0.2, 0) is 4.79 Å². The van der Waals surface area contributed by atoms with Gasteiger partial charge in [0.05, 0.1) is 13.5 Å². The minimum atomic E-state index is -0.432. The summed E-state index contributed by atoms with van der Waals surface area (Å²) in [5.74, 6) is 5.49. The van der Waals surface area contributed by atoms with E-state index >= 15 is 0 Å². The molecular weight excluding hydrogens is 180 g/mol. The van der Waals surface area contributed by atoms with Crippen LogP contribution in [0.15, 0.2) is 18.3 Å². The molecule has 0 aromatic carbocycles. The van der Waals surface area contributed by atoms with Gasteiger partial charge >= 0.3 is 0 Å². The van der Waals surface area contributed by atoms with Gasteiger partial charge in [0.25, 0.3) is 0 Å². The second-order valence-electron chi connectivity index (χ2n) is 2.53. The minimum absolute atomic E-state index is 0.0615. The Kier molecular flexibility index (Phi) is 3.50. The molecule has 1 aromatic rings. The van der Waals surface area contributed by atoms with Crippen LogP contribution in [0.4, 0.5) is 0 Å². The highest BCUT2D eigenvalue weighted by molar-refractivity contribution is 5.76. The molecule has 2 N–H and O–H groups in total. The maximum Gasteiger partial charge on any atom is 0.229 e. The van der Waals surface area contributed by atoms with Crippen molar-refractivity contribution in [3.05, 3.63) is 23.9 Å². The second kappa shape index (κ2) is 4.87. The number of nitrogens with zero attached hydrogens (tertiary/aromatic N) is 1. The van der Waals surface area contributed by atoms with Crippen molar-refractivity contribution in [1.29, 1.82) is 0 Å². The summed E-state index contributed by atoms with van der Waals surface area (Å²) in [6, 6.07) is 3.47. The fourth-order valence-electron chi connectivity index (χ4n) is 0.808. The predicted octanol–water partition coefficient (Wildman–Crippen LogP) is 0.317. The van der Waals surface area contributed by atoms with Crippen LogP contribution in [0.1, 0.15) is 12.0 Å². The molecule has 1 rings (SSSR count). The van der Waals surface area contributed by atoms with Crippen molar-refractivity contribution >= 4 is 5.91 Å². The number of pyridine rings is 1. The van der Waals surface area contributed by atoms with E-state index in [1.807, 2.05) is 0 Å². The molecule has 0 atom stereocenters. The minimum Gasteiger partial charge on any atom is -0.481 e. The molecule has 1 heterocycles. The van der Waals surface area contributed by atoms with Gasteiger partial charge in [0, 0.05) is 17.8 Å². The molecule has 0 unspecified atom stereocenters. The van der Waals surface area contributed by atoms with Gasteiger partial charge < -0.3 is 10.5 Å². The van der Waals surface area contributed by atoms with Crippen LogP contribution in [0.3, 0.4) is 0 Å². The predicted molar refractivity (Wildman–Crippen MR) is 51.5 cm³/mol. The molecule has 0 aliphatic carbocycles. The van der Waals surface area contributed by atoms with Crippen molar-refractivity contribution in [1.82, 2.24) is 4.98 Å². The van der Waals surface area contributed by atoms with Crippen molar-refractivity contribution in [2.45, 2.75) is 6.42 Å². The summed E-state index contributed by atoms with van der Waals surface area (Å²) in [6.07, 6.45) is 1.64. The maximum atomic E-state index is 10.4. The van der Waals surface area contributed by atoms with Gasteiger partial charge in [0.2, 0.25) is 11.8 Å². The molecule has 0 saturated heterocycles. The molecule has 4 nitrogen and oxygen atoms in total. The molecule has 14 heavy (non-hydrogen) atoms. The number of aromatic nitrogens is 1. The molecule has 0 aliphatic heterocycles. The molecule has 1 amide bonds. The maximum absolute atomic E-state index is 10.4. The Bertz CT molecular complexity index is 373. The van der Waals surface area contributed by atoms with E-state index in [-0.39, 0.29) is 6.42 Å². The fourth-order valence-corrected chi connectivity index (χ4v) is 0.808. The Morgan fingerprint density at radius 1 is 1.64 bits per heavy atom. The van der Waals surface area contributed by atoms with E-state index in [1.54, 1.807) is 25.4 Å². The Labute approximate surface area is 82.1 Å². The highest BCUT2D eigenvalue weighted by Gasteiger charge is 1.91. The highest BCUT2D eigenvalue weighted by Crippen LogP contribution is 2.04. The topological polar surface area (TPSA) is 65.2 Å². The number of rotatable bonds is 2. The first-order valence-corrected chi connectivity index (χ1v) is 3.99. The zero-order valence-corrected chi connectivity index (χ0v) is 7.78. The lowest BCUT2D eigenvalue weighted by Gasteiger charge is -1.95. The Morgan fingerprint density at radius 2 is 2.43 bits per heavy atom. The van der Waals surface area contributed by atoms with Crippen LogP contribution in [0.25, 0.3) is 0 Å². The number of hydrogen-bond acceptors (Lipinski definition) is 3. The van der Waals surface area contributed by atoms with Gasteiger partial charge in [-0.15, -0.1) is 0 Å². The number of amides is 1. The normalized spacial score (nSPS) is 8.64. The van der Waals surface area contributed by atoms with Gasteiger partial charge in [-0.2, -0.15) is 0 Å². The van der Waals surface area contributed by atoms with E-state index in [0.717, 1.165) is 5.56 Å². The van der Waals surface area contributed by atoms with E-state index in [9.17, 15) is 4.79 Å². The number of ether oxygens (including phenoxy) is 1. The average molecular weight is 190 g/mol. The van der Waals surface area contributed by atoms with Gasteiger partial charge in [-0.25, -0.2) is 4.98 Å². The monoisotopic (exact) mass is 190 g/mol. The van der Waals surface area contributed by atoms with Crippen LogP contribution in [0.2, 0.25) is 0 Å². The highest BCUT2D eigenvalue weighted by atomic mass is 16.5. The first-order chi connectivity index (χ1) is 6.72. The lowest BCUT2D eigenvalue weighted by molar-refractivity contribution is -0.117. The van der Waals surface area contributed by atoms with E-state index in [2.05, 4.69) is 16.8 Å². The molecule has 0 radical (unpaired) electrons. The summed E-state index contributed by atoms with van der Waals surface area (Å²) in [5.41, 5.74) is 5.65. The van der Waals surface area contributed by atoms with E-state index in [1.165, 1.54) is 0 Å². The number of carbonyl (C=O) groups excluding carboxylic acids is 1. The Hall–Kier alpha value is -2.02. The number of carbonyl (C=O) groups is 1. The molecule has 72 valence electrons. The smallest absolute Gasteiger partial charge is 0.229 e. The van der Waals surface area contributed by atoms with Crippen molar-refractivity contribution in [2.24, 2.45) is 5.73 Å². The van der Waals surface area contributed by atoms with E-state index in [0.29, 0.717) is 5.88 Å². The van der Waals surface area contributed by atoms with E-state index in [4.69, 9.17) is 10.5 Å². The summed E-state index contributed by atoms with van der Waals surface area (Å²) in [6.45, 7) is 0. The average Bonchev–Trinajstić information content (AvgIpc) is 2.18. The second-order valence-corrected chi connectivity index (χ2v) is 2.53. The summed E-state index contributed by atoms with van der Waals surface area (Å²) < 4.78 is 4.88. The third-order valence-corrected chi connectivity index (χ3v) is 1.44. The molecule has 0 saturated carbocycles. The first-order valence-electron chi connectivity index (χ1n) is 3.99. The number of hydrogen-bond donors (Lipinski definition) is 1. The molecule has 1 aromatic heterocycles. The molecule has 0 bridgehead atoms. The lowest BCUT2D eigenvalue weighted by atomic mass is 10.3. The number of primary amides is 1. The van der Waals surface area contributed by atoms with Gasteiger partial charge in [-0.05, 0) is 6.07 Å². The van der Waals surface area contributed by atoms with Gasteiger partial charge in [0.1, 0.15) is 0 Å². The third kappa shape index (κ3) is 3.15. The van der Waals surface area contributed by atoms with Crippen LogP contribution in [0, 0.1) is 11.8 Å². The van der Waals surface area contributed by atoms with Gasteiger partial charge in [0.15, 0.2) is 0 Å². The van der Waals surface area contributed by atoms with Crippen molar-refractivity contribution < 1.29 is 9.53 Å². The Balaban J connectivity index is 2.66. The quantitative estimate of drug-likeness (QED) is 0.683. The molecule has 0 spiro atoms. The van der Waals surface area contributed by atoms with Crippen molar-refractivity contribution in [3.8, 4) is 17.7 Å². The SMILES string of the molecule is COc1ccc(C#CCC(N)=O)cn1. The van der Waals surface area contributed by atoms with Crippen LogP contribution >= 0.6 is 0 Å². The summed E-state index contributed by atoms with van der Waals surface area (Å²) >= 11 is 0. The fraction of sp³-hybridized carbons (Fsp3) is 0.200. The molecule has 0 aliphatic rings. The molecular formula is C10H10N2O2. The van der Waals surface area contributed by atoms with Crippen LogP contribution in [0.5, 0.6) is 5.88 Å². The number of methoxy groups -OCH3 is 1. The van der Waals surface area contributed by atoms with Crippen LogP contribution < -0.4 is 10.5 Å². The van der Waals surface area contributed by atoms with Crippen LogP contribution in [-0.4, -0.2) is 18.0 Å². The summed E-state index contributed by atoms with van der Waals surface area (Å²) in [4.78, 5) is 14.3. The third-order valence-electron chi connectivity index (χ3n) is 1.44. The summed E-state index contributed by atoms with van der Waals surface area (Å²) in [7, 11) is 1.54. The number of nitrogens with two attached hydrogens (primary N) is 1. The van der Waals surface area contributed by atoms with Crippen molar-refractivity contribution in [2.75, 3.05) is 7.11 Å². The standard InChI is InChI=1S/C10H10N2O2/c1-14-10-6-5-8(7-12-10)3-2-4-9(11)13/h5-7H,4H2,1H3,(H2,11,13). The molecule has 0 fully saturated rings. The van der Waals surface area contributed by atoms with E-state index < -0.39 is 5.91 Å².